The van der Waals surface area contributed by atoms with Crippen LogP contribution in [0.4, 0.5) is 5.69 Å². The molecule has 7 heteroatoms. The number of benzene rings is 1. The predicted molar refractivity (Wildman–Crippen MR) is 95.3 cm³/mol. The summed E-state index contributed by atoms with van der Waals surface area (Å²) in [6, 6.07) is 5.28. The van der Waals surface area contributed by atoms with Gasteiger partial charge in [0.25, 0.3) is 0 Å². The van der Waals surface area contributed by atoms with Gasteiger partial charge in [-0.05, 0) is 37.0 Å². The van der Waals surface area contributed by atoms with Crippen LogP contribution in [-0.4, -0.2) is 38.0 Å². The summed E-state index contributed by atoms with van der Waals surface area (Å²) >= 11 is 6.02. The number of halogens is 1. The molecule has 1 aromatic rings. The Morgan fingerprint density at radius 3 is 2.52 bits per heavy atom. The number of amides is 1. The molecule has 1 amide bonds. The lowest BCUT2D eigenvalue weighted by atomic mass is 10.1. The summed E-state index contributed by atoms with van der Waals surface area (Å²) in [5.41, 5.74) is 1.44. The van der Waals surface area contributed by atoms with Crippen molar-refractivity contribution in [1.82, 2.24) is 4.31 Å². The van der Waals surface area contributed by atoms with Gasteiger partial charge in [0.15, 0.2) is 0 Å². The molecule has 1 N–H and O–H groups in total. The van der Waals surface area contributed by atoms with Gasteiger partial charge in [0.2, 0.25) is 15.9 Å². The van der Waals surface area contributed by atoms with Gasteiger partial charge in [-0.25, -0.2) is 12.7 Å². The molecule has 5 nitrogen and oxygen atoms in total. The molecule has 0 fully saturated rings. The predicted octanol–water partition coefficient (Wildman–Crippen LogP) is 3.28. The first-order valence-electron chi connectivity index (χ1n) is 7.61. The second-order valence-electron chi connectivity index (χ2n) is 6.06. The maximum atomic E-state index is 12.1. The fourth-order valence-corrected chi connectivity index (χ4v) is 3.06. The molecular weight excluding hydrogens is 336 g/mol. The van der Waals surface area contributed by atoms with Gasteiger partial charge in [-0.15, -0.1) is 0 Å². The normalized spacial score (nSPS) is 12.0. The summed E-state index contributed by atoms with van der Waals surface area (Å²) in [5.74, 6) is 0.177. The topological polar surface area (TPSA) is 66.5 Å². The van der Waals surface area contributed by atoms with Crippen molar-refractivity contribution in [3.05, 3.63) is 28.8 Å². The third kappa shape index (κ3) is 6.89. The quantitative estimate of drug-likeness (QED) is 0.773. The van der Waals surface area contributed by atoms with E-state index < -0.39 is 10.0 Å². The summed E-state index contributed by atoms with van der Waals surface area (Å²) in [6.45, 7) is 6.50. The van der Waals surface area contributed by atoms with Gasteiger partial charge >= 0.3 is 0 Å². The molecular formula is C16H25ClN2O3S. The molecule has 0 spiro atoms. The van der Waals surface area contributed by atoms with Crippen LogP contribution in [0, 0.1) is 12.8 Å². The van der Waals surface area contributed by atoms with Gasteiger partial charge in [-0.1, -0.05) is 31.5 Å². The molecule has 1 aromatic carbocycles. The van der Waals surface area contributed by atoms with Crippen molar-refractivity contribution in [2.45, 2.75) is 33.6 Å². The third-order valence-corrected chi connectivity index (χ3v) is 5.27. The molecule has 130 valence electrons. The Morgan fingerprint density at radius 1 is 1.30 bits per heavy atom. The fraction of sp³-hybridized carbons (Fsp3) is 0.562. The van der Waals surface area contributed by atoms with Crippen molar-refractivity contribution >= 4 is 33.2 Å². The highest BCUT2D eigenvalue weighted by Crippen LogP contribution is 2.23. The van der Waals surface area contributed by atoms with E-state index in [1.165, 1.54) is 10.6 Å². The number of anilines is 1. The van der Waals surface area contributed by atoms with Crippen LogP contribution >= 0.6 is 11.6 Å². The van der Waals surface area contributed by atoms with E-state index >= 15 is 0 Å². The first kappa shape index (κ1) is 19.9. The lowest BCUT2D eigenvalue weighted by Crippen LogP contribution is -2.34. The Bertz CT molecular complexity index is 645. The van der Waals surface area contributed by atoms with Gasteiger partial charge in [-0.2, -0.15) is 0 Å². The Kier molecular flexibility index (Phi) is 7.51. The van der Waals surface area contributed by atoms with Crippen LogP contribution < -0.4 is 5.32 Å². The molecule has 1 rings (SSSR count). The number of hydrogen-bond acceptors (Lipinski definition) is 3. The highest BCUT2D eigenvalue weighted by molar-refractivity contribution is 7.88. The van der Waals surface area contributed by atoms with Crippen LogP contribution in [0.5, 0.6) is 0 Å². The molecule has 0 saturated heterocycles. The Labute approximate surface area is 144 Å². The molecule has 0 saturated carbocycles. The molecule has 0 aliphatic carbocycles. The van der Waals surface area contributed by atoms with Crippen LogP contribution in [0.2, 0.25) is 5.02 Å². The number of hydrogen-bond donors (Lipinski definition) is 1. The van der Waals surface area contributed by atoms with E-state index in [-0.39, 0.29) is 18.9 Å². The molecule has 0 bridgehead atoms. The average Bonchev–Trinajstić information content (AvgIpc) is 2.42. The van der Waals surface area contributed by atoms with Crippen LogP contribution in [0.25, 0.3) is 0 Å². The highest BCUT2D eigenvalue weighted by atomic mass is 35.5. The molecule has 0 unspecified atom stereocenters. The molecule has 0 aromatic heterocycles. The third-order valence-electron chi connectivity index (χ3n) is 3.55. The van der Waals surface area contributed by atoms with Gasteiger partial charge in [0.05, 0.1) is 6.26 Å². The number of nitrogens with zero attached hydrogens (tertiary/aromatic N) is 1. The van der Waals surface area contributed by atoms with E-state index in [1.54, 1.807) is 18.2 Å². The number of carbonyl (C=O) groups is 1. The number of sulfonamides is 1. The van der Waals surface area contributed by atoms with E-state index in [0.717, 1.165) is 12.0 Å². The summed E-state index contributed by atoms with van der Waals surface area (Å²) in [7, 11) is -3.31. The highest BCUT2D eigenvalue weighted by Gasteiger charge is 2.18. The Balaban J connectivity index is 2.63. The maximum Gasteiger partial charge on any atom is 0.225 e. The standard InChI is InChI=1S/C16H25ClN2O3S/c1-12(2)8-10-19(23(4,21)22)11-9-16(20)18-15-7-5-6-14(17)13(15)3/h5-7,12H,8-11H2,1-4H3,(H,18,20). The van der Waals surface area contributed by atoms with E-state index in [1.807, 2.05) is 20.8 Å². The zero-order valence-electron chi connectivity index (χ0n) is 14.1. The van der Waals surface area contributed by atoms with E-state index in [9.17, 15) is 13.2 Å². The lowest BCUT2D eigenvalue weighted by molar-refractivity contribution is -0.116. The molecule has 0 aliphatic rings. The molecule has 23 heavy (non-hydrogen) atoms. The van der Waals surface area contributed by atoms with E-state index in [4.69, 9.17) is 11.6 Å². The first-order valence-corrected chi connectivity index (χ1v) is 9.84. The minimum atomic E-state index is -3.31. The number of carbonyl (C=O) groups excluding carboxylic acids is 1. The molecule has 0 radical (unpaired) electrons. The molecule has 0 aliphatic heterocycles. The Hall–Kier alpha value is -1.11. The number of rotatable bonds is 8. The summed E-state index contributed by atoms with van der Waals surface area (Å²) in [4.78, 5) is 12.1. The van der Waals surface area contributed by atoms with Crippen molar-refractivity contribution in [3.63, 3.8) is 0 Å². The molecule has 0 atom stereocenters. The average molecular weight is 361 g/mol. The van der Waals surface area contributed by atoms with Crippen molar-refractivity contribution in [3.8, 4) is 0 Å². The lowest BCUT2D eigenvalue weighted by Gasteiger charge is -2.20. The maximum absolute atomic E-state index is 12.1. The van der Waals surface area contributed by atoms with Gasteiger partial charge in [0, 0.05) is 30.2 Å². The van der Waals surface area contributed by atoms with Crippen LogP contribution in [-0.2, 0) is 14.8 Å². The number of nitrogens with one attached hydrogen (secondary N) is 1. The zero-order chi connectivity index (χ0) is 17.6. The van der Waals surface area contributed by atoms with Crippen molar-refractivity contribution in [1.29, 1.82) is 0 Å². The summed E-state index contributed by atoms with van der Waals surface area (Å²) in [5, 5.41) is 3.36. The van der Waals surface area contributed by atoms with Crippen LogP contribution in [0.1, 0.15) is 32.3 Å². The minimum Gasteiger partial charge on any atom is -0.326 e. The van der Waals surface area contributed by atoms with Crippen LogP contribution in [0.15, 0.2) is 18.2 Å². The largest absolute Gasteiger partial charge is 0.326 e. The molecule has 0 heterocycles. The van der Waals surface area contributed by atoms with E-state index in [2.05, 4.69) is 5.32 Å². The fourth-order valence-electron chi connectivity index (χ4n) is 2.03. The summed E-state index contributed by atoms with van der Waals surface area (Å²) < 4.78 is 24.9. The van der Waals surface area contributed by atoms with Crippen LogP contribution in [0.3, 0.4) is 0 Å². The second-order valence-corrected chi connectivity index (χ2v) is 8.44. The SMILES string of the molecule is Cc1c(Cl)cccc1NC(=O)CCN(CCC(C)C)S(C)(=O)=O. The minimum absolute atomic E-state index is 0.108. The first-order chi connectivity index (χ1) is 10.6. The van der Waals surface area contributed by atoms with Gasteiger partial charge in [0.1, 0.15) is 0 Å². The van der Waals surface area contributed by atoms with Gasteiger partial charge < -0.3 is 5.32 Å². The summed E-state index contributed by atoms with van der Waals surface area (Å²) in [6.07, 6.45) is 2.05. The van der Waals surface area contributed by atoms with Gasteiger partial charge in [-0.3, -0.25) is 4.79 Å². The smallest absolute Gasteiger partial charge is 0.225 e. The van der Waals surface area contributed by atoms with Crippen molar-refractivity contribution < 1.29 is 13.2 Å². The monoisotopic (exact) mass is 360 g/mol. The van der Waals surface area contributed by atoms with Crippen molar-refractivity contribution in [2.24, 2.45) is 5.92 Å². The Morgan fingerprint density at radius 2 is 1.96 bits per heavy atom. The second kappa shape index (κ2) is 8.66. The van der Waals surface area contributed by atoms with E-state index in [0.29, 0.717) is 23.2 Å². The zero-order valence-corrected chi connectivity index (χ0v) is 15.7. The van der Waals surface area contributed by atoms with Crippen molar-refractivity contribution in [2.75, 3.05) is 24.7 Å².